The molecule has 5 rings (SSSR count). The number of hydrogen-bond donors (Lipinski definition) is 0. The quantitative estimate of drug-likeness (QED) is 0.659. The molecule has 8 nitrogen and oxygen atoms in total. The van der Waals surface area contributed by atoms with E-state index in [9.17, 15) is 0 Å². The number of hydrogen-bond acceptors (Lipinski definition) is 6. The first kappa shape index (κ1) is 11.0. The summed E-state index contributed by atoms with van der Waals surface area (Å²) in [6.45, 7) is 0.991. The van der Waals surface area contributed by atoms with Crippen molar-refractivity contribution in [3.63, 3.8) is 0 Å². The Morgan fingerprint density at radius 2 is 2.24 bits per heavy atom. The summed E-state index contributed by atoms with van der Waals surface area (Å²) in [5, 5.41) is 8.32. The Hall–Kier alpha value is -2.77. The first-order valence-corrected chi connectivity index (χ1v) is 6.94. The zero-order valence-electron chi connectivity index (χ0n) is 11.2. The molecule has 0 N–H and O–H groups in total. The van der Waals surface area contributed by atoms with E-state index in [1.54, 1.807) is 18.9 Å². The van der Waals surface area contributed by atoms with Crippen LogP contribution in [0.25, 0.3) is 11.6 Å². The van der Waals surface area contributed by atoms with Crippen LogP contribution < -0.4 is 4.90 Å². The van der Waals surface area contributed by atoms with Gasteiger partial charge in [-0.15, -0.1) is 10.2 Å². The molecule has 2 aliphatic heterocycles. The van der Waals surface area contributed by atoms with Crippen molar-refractivity contribution in [2.45, 2.75) is 18.9 Å². The molecule has 1 fully saturated rings. The minimum atomic E-state index is 0.269. The third-order valence-electron chi connectivity index (χ3n) is 4.13. The number of fused-ring (bicyclic) bond motifs is 6. The second-order valence-electron chi connectivity index (χ2n) is 5.26. The molecule has 0 radical (unpaired) electrons. The number of nitrogens with zero attached hydrogens (tertiary/aromatic N) is 8. The molecule has 5 heterocycles. The Bertz CT molecular complexity index is 805. The van der Waals surface area contributed by atoms with Gasteiger partial charge in [-0.05, 0) is 12.8 Å². The molecule has 104 valence electrons. The fraction of sp³-hybridized carbons (Fsp3) is 0.308. The molecule has 3 aromatic heterocycles. The van der Waals surface area contributed by atoms with Gasteiger partial charge in [0.25, 0.3) is 0 Å². The summed E-state index contributed by atoms with van der Waals surface area (Å²) < 4.78 is 3.81. The monoisotopic (exact) mass is 280 g/mol. The van der Waals surface area contributed by atoms with Crippen molar-refractivity contribution in [2.75, 3.05) is 11.4 Å². The lowest BCUT2D eigenvalue weighted by molar-refractivity contribution is 0.618. The van der Waals surface area contributed by atoms with Crippen LogP contribution >= 0.6 is 0 Å². The van der Waals surface area contributed by atoms with E-state index in [4.69, 9.17) is 4.98 Å². The van der Waals surface area contributed by atoms with E-state index in [-0.39, 0.29) is 6.04 Å². The van der Waals surface area contributed by atoms with Crippen molar-refractivity contribution < 1.29 is 0 Å². The molecule has 0 amide bonds. The van der Waals surface area contributed by atoms with Crippen LogP contribution in [0.3, 0.4) is 0 Å². The number of rotatable bonds is 1. The topological polar surface area (TPSA) is 77.5 Å². The van der Waals surface area contributed by atoms with Crippen LogP contribution in [0.5, 0.6) is 0 Å². The van der Waals surface area contributed by atoms with Gasteiger partial charge in [-0.2, -0.15) is 4.98 Å². The highest BCUT2D eigenvalue weighted by Gasteiger charge is 2.37. The van der Waals surface area contributed by atoms with Gasteiger partial charge in [0, 0.05) is 18.9 Å². The van der Waals surface area contributed by atoms with Crippen molar-refractivity contribution in [1.29, 1.82) is 0 Å². The van der Waals surface area contributed by atoms with E-state index in [0.29, 0.717) is 5.95 Å². The van der Waals surface area contributed by atoms with Crippen LogP contribution in [-0.4, -0.2) is 40.8 Å². The Labute approximate surface area is 120 Å². The van der Waals surface area contributed by atoms with Crippen LogP contribution in [0.4, 0.5) is 5.82 Å². The molecule has 8 heteroatoms. The summed E-state index contributed by atoms with van der Waals surface area (Å²) in [5.41, 5.74) is 0.942. The van der Waals surface area contributed by atoms with Crippen molar-refractivity contribution in [1.82, 2.24) is 34.3 Å². The van der Waals surface area contributed by atoms with Crippen LogP contribution in [-0.2, 0) is 0 Å². The molecule has 0 aliphatic carbocycles. The van der Waals surface area contributed by atoms with Gasteiger partial charge < -0.3 is 4.90 Å². The van der Waals surface area contributed by atoms with Crippen molar-refractivity contribution in [3.8, 4) is 11.6 Å². The Morgan fingerprint density at radius 3 is 3.14 bits per heavy atom. The fourth-order valence-corrected chi connectivity index (χ4v) is 3.19. The van der Waals surface area contributed by atoms with Gasteiger partial charge in [-0.25, -0.2) is 9.97 Å². The number of aromatic nitrogens is 7. The lowest BCUT2D eigenvalue weighted by Crippen LogP contribution is -2.31. The summed E-state index contributed by atoms with van der Waals surface area (Å²) in [5.74, 6) is 2.57. The summed E-state index contributed by atoms with van der Waals surface area (Å²) in [6.07, 6.45) is 11.1. The lowest BCUT2D eigenvalue weighted by Gasteiger charge is -2.31. The first-order chi connectivity index (χ1) is 10.4. The zero-order chi connectivity index (χ0) is 13.8. The van der Waals surface area contributed by atoms with Gasteiger partial charge in [-0.1, -0.05) is 0 Å². The van der Waals surface area contributed by atoms with Crippen molar-refractivity contribution >= 4 is 5.82 Å². The van der Waals surface area contributed by atoms with Crippen molar-refractivity contribution in [2.24, 2.45) is 0 Å². The maximum absolute atomic E-state index is 4.74. The summed E-state index contributed by atoms with van der Waals surface area (Å²) >= 11 is 0. The summed E-state index contributed by atoms with van der Waals surface area (Å²) in [7, 11) is 0. The highest BCUT2D eigenvalue weighted by Crippen LogP contribution is 2.41. The Balaban J connectivity index is 1.74. The second-order valence-corrected chi connectivity index (χ2v) is 5.26. The lowest BCUT2D eigenvalue weighted by atomic mass is 10.1. The normalized spacial score (nSPS) is 19.2. The fourth-order valence-electron chi connectivity index (χ4n) is 3.19. The molecule has 2 aliphatic rings. The van der Waals surface area contributed by atoms with E-state index >= 15 is 0 Å². The molecule has 21 heavy (non-hydrogen) atoms. The van der Waals surface area contributed by atoms with Gasteiger partial charge in [0.2, 0.25) is 5.95 Å². The molecule has 1 saturated heterocycles. The van der Waals surface area contributed by atoms with Gasteiger partial charge in [0.15, 0.2) is 11.6 Å². The van der Waals surface area contributed by atoms with E-state index < -0.39 is 0 Å². The van der Waals surface area contributed by atoms with Gasteiger partial charge >= 0.3 is 0 Å². The smallest absolute Gasteiger partial charge is 0.236 e. The van der Waals surface area contributed by atoms with Crippen LogP contribution in [0.15, 0.2) is 31.2 Å². The molecule has 0 bridgehead atoms. The number of imidazole rings is 1. The maximum atomic E-state index is 4.74. The maximum Gasteiger partial charge on any atom is 0.236 e. The zero-order valence-corrected chi connectivity index (χ0v) is 11.2. The largest absolute Gasteiger partial charge is 0.344 e. The average Bonchev–Trinajstić information content (AvgIpc) is 3.25. The van der Waals surface area contributed by atoms with E-state index in [1.165, 1.54) is 0 Å². The van der Waals surface area contributed by atoms with E-state index in [1.807, 2.05) is 21.5 Å². The van der Waals surface area contributed by atoms with Gasteiger partial charge in [0.05, 0.1) is 12.2 Å². The predicted octanol–water partition coefficient (Wildman–Crippen LogP) is 0.898. The molecule has 0 spiro atoms. The minimum Gasteiger partial charge on any atom is -0.344 e. The van der Waals surface area contributed by atoms with Crippen LogP contribution in [0.2, 0.25) is 0 Å². The highest BCUT2D eigenvalue weighted by molar-refractivity contribution is 5.62. The van der Waals surface area contributed by atoms with Crippen LogP contribution in [0.1, 0.15) is 24.7 Å². The number of anilines is 1. The second kappa shape index (κ2) is 3.87. The molecule has 1 unspecified atom stereocenters. The van der Waals surface area contributed by atoms with Gasteiger partial charge in [-0.3, -0.25) is 9.13 Å². The molecule has 3 aromatic rings. The molecule has 0 saturated carbocycles. The third kappa shape index (κ3) is 1.41. The summed E-state index contributed by atoms with van der Waals surface area (Å²) in [4.78, 5) is 15.5. The third-order valence-corrected chi connectivity index (χ3v) is 4.13. The Morgan fingerprint density at radius 1 is 1.24 bits per heavy atom. The molecule has 0 aromatic carbocycles. The van der Waals surface area contributed by atoms with Gasteiger partial charge in [0.1, 0.15) is 18.3 Å². The summed E-state index contributed by atoms with van der Waals surface area (Å²) in [6, 6.07) is 0.269. The Kier molecular flexibility index (Phi) is 2.02. The van der Waals surface area contributed by atoms with E-state index in [0.717, 1.165) is 36.7 Å². The standard InChI is InChI=1S/C13H12N8/c1-2-9-12-18-16-8-21(12)10-6-15-13(19-5-3-14-7-19)17-11(10)20(9)4-1/h3,5-9H,1-2,4H2. The van der Waals surface area contributed by atoms with E-state index in [2.05, 4.69) is 25.1 Å². The first-order valence-electron chi connectivity index (χ1n) is 6.94. The van der Waals surface area contributed by atoms with Crippen LogP contribution in [0, 0.1) is 0 Å². The minimum absolute atomic E-state index is 0.269. The molecule has 1 atom stereocenters. The average molecular weight is 280 g/mol. The molecular weight excluding hydrogens is 268 g/mol. The van der Waals surface area contributed by atoms with Crippen molar-refractivity contribution in [3.05, 3.63) is 37.1 Å². The SMILES string of the molecule is c1cn(-c2ncc3c(n2)N2CCCC2c2nncn2-3)cn1. The molecular formula is C13H12N8. The predicted molar refractivity (Wildman–Crippen MR) is 73.4 cm³/mol. The highest BCUT2D eigenvalue weighted by atomic mass is 15.4.